The molecule has 1 heterocycles. The fourth-order valence-electron chi connectivity index (χ4n) is 2.62. The standard InChI is InChI=1S/C13H25N3OS.HI/c1-14-12(16-11-5-3-2-4-6-11)15-9-13(17)7-8-18-10-13;/h11,17H,2-10H2,1H3,(H2,14,15,16);1H. The Kier molecular flexibility index (Phi) is 7.83. The number of halogens is 1. The van der Waals surface area contributed by atoms with Gasteiger partial charge in [0.25, 0.3) is 0 Å². The van der Waals surface area contributed by atoms with Crippen molar-refractivity contribution in [3.63, 3.8) is 0 Å². The average Bonchev–Trinajstić information content (AvgIpc) is 2.83. The van der Waals surface area contributed by atoms with Crippen LogP contribution in [0.3, 0.4) is 0 Å². The summed E-state index contributed by atoms with van der Waals surface area (Å²) in [7, 11) is 1.80. The van der Waals surface area contributed by atoms with Crippen molar-refractivity contribution in [2.45, 2.75) is 50.2 Å². The molecular formula is C13H26IN3OS. The number of aliphatic imine (C=N–C) groups is 1. The van der Waals surface area contributed by atoms with Gasteiger partial charge in [-0.3, -0.25) is 4.99 Å². The largest absolute Gasteiger partial charge is 0.387 e. The number of hydrogen-bond acceptors (Lipinski definition) is 3. The lowest BCUT2D eigenvalue weighted by atomic mass is 9.96. The Bertz CT molecular complexity index is 290. The highest BCUT2D eigenvalue weighted by molar-refractivity contribution is 14.0. The molecule has 0 aromatic heterocycles. The molecule has 0 spiro atoms. The Labute approximate surface area is 137 Å². The van der Waals surface area contributed by atoms with Gasteiger partial charge >= 0.3 is 0 Å². The normalized spacial score (nSPS) is 28.8. The number of thioether (sulfide) groups is 1. The molecule has 112 valence electrons. The second-order valence-corrected chi connectivity index (χ2v) is 6.54. The SMILES string of the molecule is CN=C(NCC1(O)CCSC1)NC1CCCCC1.I. The van der Waals surface area contributed by atoms with Gasteiger partial charge in [-0.1, -0.05) is 19.3 Å². The third-order valence-corrected chi connectivity index (χ3v) is 5.07. The molecule has 1 aliphatic heterocycles. The summed E-state index contributed by atoms with van der Waals surface area (Å²) in [5, 5.41) is 17.0. The van der Waals surface area contributed by atoms with Crippen LogP contribution in [-0.4, -0.2) is 47.8 Å². The molecule has 0 bridgehead atoms. The van der Waals surface area contributed by atoms with Gasteiger partial charge < -0.3 is 15.7 Å². The zero-order chi connectivity index (χ0) is 12.8. The van der Waals surface area contributed by atoms with Crippen LogP contribution in [0.4, 0.5) is 0 Å². The first kappa shape index (κ1) is 17.4. The highest BCUT2D eigenvalue weighted by atomic mass is 127. The second-order valence-electron chi connectivity index (χ2n) is 5.43. The molecule has 1 saturated heterocycles. The summed E-state index contributed by atoms with van der Waals surface area (Å²) in [5.74, 6) is 2.74. The van der Waals surface area contributed by atoms with Crippen LogP contribution in [0.25, 0.3) is 0 Å². The van der Waals surface area contributed by atoms with Crippen LogP contribution < -0.4 is 10.6 Å². The molecule has 1 unspecified atom stereocenters. The lowest BCUT2D eigenvalue weighted by Crippen LogP contribution is -2.50. The van der Waals surface area contributed by atoms with Crippen molar-refractivity contribution in [1.82, 2.24) is 10.6 Å². The van der Waals surface area contributed by atoms with E-state index in [1.54, 1.807) is 7.05 Å². The summed E-state index contributed by atoms with van der Waals surface area (Å²) in [6.45, 7) is 0.604. The fourth-order valence-corrected chi connectivity index (χ4v) is 3.91. The van der Waals surface area contributed by atoms with Gasteiger partial charge in [-0.05, 0) is 25.0 Å². The van der Waals surface area contributed by atoms with Crippen molar-refractivity contribution in [3.8, 4) is 0 Å². The van der Waals surface area contributed by atoms with E-state index >= 15 is 0 Å². The van der Waals surface area contributed by atoms with E-state index in [0.29, 0.717) is 12.6 Å². The minimum absolute atomic E-state index is 0. The predicted octanol–water partition coefficient (Wildman–Crippen LogP) is 1.97. The lowest BCUT2D eigenvalue weighted by molar-refractivity contribution is 0.0723. The molecule has 6 heteroatoms. The molecule has 1 aliphatic carbocycles. The number of aliphatic hydroxyl groups is 1. The van der Waals surface area contributed by atoms with Crippen molar-refractivity contribution in [2.24, 2.45) is 4.99 Å². The maximum atomic E-state index is 10.3. The van der Waals surface area contributed by atoms with Crippen LogP contribution in [0.15, 0.2) is 4.99 Å². The van der Waals surface area contributed by atoms with Crippen molar-refractivity contribution in [2.75, 3.05) is 25.1 Å². The molecule has 4 nitrogen and oxygen atoms in total. The van der Waals surface area contributed by atoms with Gasteiger partial charge in [0, 0.05) is 25.4 Å². The Balaban J connectivity index is 0.00000180. The van der Waals surface area contributed by atoms with E-state index in [1.807, 2.05) is 11.8 Å². The molecule has 1 atom stereocenters. The average molecular weight is 399 g/mol. The quantitative estimate of drug-likeness (QED) is 0.386. The van der Waals surface area contributed by atoms with Crippen molar-refractivity contribution < 1.29 is 5.11 Å². The van der Waals surface area contributed by atoms with Gasteiger partial charge in [-0.15, -0.1) is 24.0 Å². The highest BCUT2D eigenvalue weighted by Gasteiger charge is 2.31. The van der Waals surface area contributed by atoms with Gasteiger partial charge in [0.05, 0.1) is 5.60 Å². The summed E-state index contributed by atoms with van der Waals surface area (Å²) in [6, 6.07) is 0.553. The van der Waals surface area contributed by atoms with E-state index < -0.39 is 5.60 Å². The molecule has 2 aliphatic rings. The topological polar surface area (TPSA) is 56.7 Å². The summed E-state index contributed by atoms with van der Waals surface area (Å²) < 4.78 is 0. The number of rotatable bonds is 3. The van der Waals surface area contributed by atoms with E-state index in [4.69, 9.17) is 0 Å². The summed E-state index contributed by atoms with van der Waals surface area (Å²) >= 11 is 1.83. The first-order chi connectivity index (χ1) is 8.72. The minimum Gasteiger partial charge on any atom is -0.387 e. The van der Waals surface area contributed by atoms with E-state index in [9.17, 15) is 5.11 Å². The maximum absolute atomic E-state index is 10.3. The van der Waals surface area contributed by atoms with Gasteiger partial charge in [0.1, 0.15) is 0 Å². The predicted molar refractivity (Wildman–Crippen MR) is 93.7 cm³/mol. The number of guanidine groups is 1. The van der Waals surface area contributed by atoms with Crippen molar-refractivity contribution in [1.29, 1.82) is 0 Å². The summed E-state index contributed by atoms with van der Waals surface area (Å²) in [5.41, 5.74) is -0.547. The van der Waals surface area contributed by atoms with Crippen LogP contribution in [0.5, 0.6) is 0 Å². The molecule has 0 aromatic rings. The second kappa shape index (κ2) is 8.56. The minimum atomic E-state index is -0.547. The smallest absolute Gasteiger partial charge is 0.191 e. The zero-order valence-corrected chi connectivity index (χ0v) is 14.8. The van der Waals surface area contributed by atoms with Crippen molar-refractivity contribution in [3.05, 3.63) is 0 Å². The number of nitrogens with one attached hydrogen (secondary N) is 2. The van der Waals surface area contributed by atoms with Crippen LogP contribution in [-0.2, 0) is 0 Å². The summed E-state index contributed by atoms with van der Waals surface area (Å²) in [6.07, 6.45) is 7.35. The van der Waals surface area contributed by atoms with E-state index in [2.05, 4.69) is 15.6 Å². The third kappa shape index (κ3) is 5.67. The molecule has 0 amide bonds. The van der Waals surface area contributed by atoms with E-state index in [-0.39, 0.29) is 24.0 Å². The van der Waals surface area contributed by atoms with Crippen LogP contribution in [0, 0.1) is 0 Å². The van der Waals surface area contributed by atoms with Gasteiger partial charge in [-0.25, -0.2) is 0 Å². The van der Waals surface area contributed by atoms with E-state index in [0.717, 1.165) is 23.9 Å². The molecule has 0 aromatic carbocycles. The van der Waals surface area contributed by atoms with Gasteiger partial charge in [0.2, 0.25) is 0 Å². The molecule has 19 heavy (non-hydrogen) atoms. The van der Waals surface area contributed by atoms with Crippen LogP contribution >= 0.6 is 35.7 Å². The monoisotopic (exact) mass is 399 g/mol. The molecule has 0 radical (unpaired) electrons. The Morgan fingerprint density at radius 1 is 1.37 bits per heavy atom. The molecule has 2 rings (SSSR count). The molecule has 1 saturated carbocycles. The Morgan fingerprint density at radius 3 is 2.68 bits per heavy atom. The fraction of sp³-hybridized carbons (Fsp3) is 0.923. The summed E-state index contributed by atoms with van der Waals surface area (Å²) in [4.78, 5) is 4.25. The first-order valence-corrected chi connectivity index (χ1v) is 8.15. The number of nitrogens with zero attached hydrogens (tertiary/aromatic N) is 1. The van der Waals surface area contributed by atoms with Gasteiger partial charge in [-0.2, -0.15) is 11.8 Å². The third-order valence-electron chi connectivity index (χ3n) is 3.84. The van der Waals surface area contributed by atoms with Gasteiger partial charge in [0.15, 0.2) is 5.96 Å². The first-order valence-electron chi connectivity index (χ1n) is 6.99. The van der Waals surface area contributed by atoms with Crippen LogP contribution in [0.1, 0.15) is 38.5 Å². The Hall–Kier alpha value is 0.310. The Morgan fingerprint density at radius 2 is 2.11 bits per heavy atom. The van der Waals surface area contributed by atoms with Crippen molar-refractivity contribution >= 4 is 41.7 Å². The highest BCUT2D eigenvalue weighted by Crippen LogP contribution is 2.26. The lowest BCUT2D eigenvalue weighted by Gasteiger charge is -2.27. The molecule has 2 fully saturated rings. The van der Waals surface area contributed by atoms with Crippen LogP contribution in [0.2, 0.25) is 0 Å². The maximum Gasteiger partial charge on any atom is 0.191 e. The zero-order valence-electron chi connectivity index (χ0n) is 11.7. The molecular weight excluding hydrogens is 373 g/mol. The molecule has 3 N–H and O–H groups in total. The number of hydrogen-bond donors (Lipinski definition) is 3. The van der Waals surface area contributed by atoms with E-state index in [1.165, 1.54) is 32.1 Å².